The number of carbonyl (C=O) groups excluding carboxylic acids is 1. The Morgan fingerprint density at radius 1 is 0.413 bits per heavy atom. The fraction of sp³-hybridized carbons (Fsp3) is 0.362. The summed E-state index contributed by atoms with van der Waals surface area (Å²) in [5, 5.41) is 3.36. The maximum absolute atomic E-state index is 14.0. The van der Waals surface area contributed by atoms with Gasteiger partial charge in [-0.15, -0.1) is 23.5 Å². The van der Waals surface area contributed by atoms with E-state index in [9.17, 15) is 4.79 Å². The Balaban J connectivity index is 1.12. The minimum atomic E-state index is -0.408. The maximum atomic E-state index is 14.0. The smallest absolute Gasteiger partial charge is 0.234 e. The molecule has 0 aliphatic heterocycles. The van der Waals surface area contributed by atoms with Crippen LogP contribution in [0.2, 0.25) is 0 Å². The summed E-state index contributed by atoms with van der Waals surface area (Å²) in [5.74, 6) is 1.75. The van der Waals surface area contributed by atoms with Crippen molar-refractivity contribution in [1.82, 2.24) is 10.2 Å². The summed E-state index contributed by atoms with van der Waals surface area (Å²) in [6.07, 6.45) is 15.9. The Morgan fingerprint density at radius 2 is 0.714 bits per heavy atom. The molecule has 0 spiro atoms. The van der Waals surface area contributed by atoms with Crippen molar-refractivity contribution in [2.24, 2.45) is 0 Å². The molecule has 0 fully saturated rings. The van der Waals surface area contributed by atoms with Crippen LogP contribution in [-0.4, -0.2) is 48.5 Å². The molecule has 0 radical (unpaired) electrons. The Hall–Kier alpha value is -4.55. The van der Waals surface area contributed by atoms with Gasteiger partial charge in [0, 0.05) is 24.6 Å². The lowest BCUT2D eigenvalue weighted by Crippen LogP contribution is -2.40. The molecular formula is C58H70N2OS2. The summed E-state index contributed by atoms with van der Waals surface area (Å²) in [6.45, 7) is 5.04. The highest BCUT2D eigenvalue weighted by Crippen LogP contribution is 2.49. The van der Waals surface area contributed by atoms with Crippen molar-refractivity contribution in [1.29, 1.82) is 0 Å². The lowest BCUT2D eigenvalue weighted by atomic mass is 9.84. The number of amides is 1. The Bertz CT molecular complexity index is 1910. The third-order valence-corrected chi connectivity index (χ3v) is 15.3. The van der Waals surface area contributed by atoms with Gasteiger partial charge in [-0.05, 0) is 46.3 Å². The highest BCUT2D eigenvalue weighted by Gasteiger charge is 2.38. The Morgan fingerprint density at radius 3 is 1.05 bits per heavy atom. The molecule has 6 rings (SSSR count). The molecule has 6 aromatic rings. The van der Waals surface area contributed by atoms with Gasteiger partial charge in [-0.25, -0.2) is 0 Å². The summed E-state index contributed by atoms with van der Waals surface area (Å²) in [7, 11) is 0. The van der Waals surface area contributed by atoms with Crippen LogP contribution >= 0.6 is 23.5 Å². The monoisotopic (exact) mass is 874 g/mol. The number of rotatable bonds is 29. The fourth-order valence-electron chi connectivity index (χ4n) is 8.96. The maximum Gasteiger partial charge on any atom is 0.234 e. The van der Waals surface area contributed by atoms with Gasteiger partial charge in [0.15, 0.2) is 0 Å². The highest BCUT2D eigenvalue weighted by atomic mass is 32.2. The number of nitrogens with zero attached hydrogens (tertiary/aromatic N) is 1. The van der Waals surface area contributed by atoms with Crippen LogP contribution < -0.4 is 5.32 Å². The van der Waals surface area contributed by atoms with Crippen molar-refractivity contribution in [3.05, 3.63) is 215 Å². The third-order valence-electron chi connectivity index (χ3n) is 12.2. The van der Waals surface area contributed by atoms with Crippen LogP contribution in [0.4, 0.5) is 0 Å². The minimum Gasteiger partial charge on any atom is -0.354 e. The largest absolute Gasteiger partial charge is 0.354 e. The van der Waals surface area contributed by atoms with Crippen molar-refractivity contribution in [3.8, 4) is 0 Å². The van der Waals surface area contributed by atoms with Crippen LogP contribution in [-0.2, 0) is 14.3 Å². The number of thioether (sulfide) groups is 2. The molecule has 0 aliphatic rings. The van der Waals surface area contributed by atoms with E-state index in [0.29, 0.717) is 13.1 Å². The first-order chi connectivity index (χ1) is 31.2. The molecule has 0 aliphatic carbocycles. The van der Waals surface area contributed by atoms with E-state index < -0.39 is 4.75 Å². The van der Waals surface area contributed by atoms with Gasteiger partial charge in [0.05, 0.1) is 16.0 Å². The van der Waals surface area contributed by atoms with E-state index in [2.05, 4.69) is 199 Å². The number of hydrogen-bond acceptors (Lipinski definition) is 4. The van der Waals surface area contributed by atoms with Gasteiger partial charge in [-0.1, -0.05) is 260 Å². The van der Waals surface area contributed by atoms with Crippen molar-refractivity contribution >= 4 is 29.4 Å². The van der Waals surface area contributed by atoms with Gasteiger partial charge in [-0.3, -0.25) is 9.69 Å². The van der Waals surface area contributed by atoms with Crippen LogP contribution in [0, 0.1) is 0 Å². The summed E-state index contributed by atoms with van der Waals surface area (Å²) in [6, 6.07) is 65.3. The van der Waals surface area contributed by atoms with Gasteiger partial charge in [0.2, 0.25) is 5.91 Å². The quantitative estimate of drug-likeness (QED) is 0.0376. The zero-order chi connectivity index (χ0) is 43.7. The molecule has 3 nitrogen and oxygen atoms in total. The normalized spacial score (nSPS) is 11.8. The van der Waals surface area contributed by atoms with Crippen molar-refractivity contribution in [2.75, 3.05) is 37.7 Å². The van der Waals surface area contributed by atoms with Gasteiger partial charge in [0.25, 0.3) is 0 Å². The summed E-state index contributed by atoms with van der Waals surface area (Å²) in [5.41, 5.74) is 7.53. The summed E-state index contributed by atoms with van der Waals surface area (Å²) < 4.78 is -0.789. The molecule has 0 unspecified atom stereocenters. The third kappa shape index (κ3) is 14.0. The van der Waals surface area contributed by atoms with Gasteiger partial charge in [-0.2, -0.15) is 0 Å². The van der Waals surface area contributed by atoms with Crippen LogP contribution in [0.15, 0.2) is 182 Å². The van der Waals surface area contributed by atoms with E-state index in [4.69, 9.17) is 0 Å². The molecule has 0 bridgehead atoms. The zero-order valence-electron chi connectivity index (χ0n) is 37.7. The van der Waals surface area contributed by atoms with Crippen molar-refractivity contribution in [2.45, 2.75) is 93.5 Å². The number of carbonyl (C=O) groups is 1. The molecule has 0 atom stereocenters. The molecular weight excluding hydrogens is 805 g/mol. The Labute approximate surface area is 388 Å². The lowest BCUT2D eigenvalue weighted by molar-refractivity contribution is -0.122. The predicted molar refractivity (Wildman–Crippen MR) is 274 cm³/mol. The van der Waals surface area contributed by atoms with E-state index in [1.165, 1.54) is 104 Å². The van der Waals surface area contributed by atoms with Crippen LogP contribution in [0.1, 0.15) is 117 Å². The SMILES string of the molecule is CCCCCCCCCCCCCCN(CCSC(c1ccccc1)(c1ccccc1)c1ccccc1)CC(=O)NCCSC(c1ccccc1)(c1ccccc1)c1ccccc1. The average molecular weight is 875 g/mol. The standard InChI is InChI=1S/C58H70N2OS2/c1-2-3-4-5-6-7-8-9-10-11-12-31-45-60(46-48-63-58(53-38-25-16-26-39-53,54-40-27-17-28-41-54)55-42-29-18-30-43-55)49-56(61)59-44-47-62-57(50-32-19-13-20-33-50,51-34-21-14-22-35-51)52-36-23-15-24-37-52/h13-30,32-43H,2-12,31,44-49H2,1H3,(H,59,61). The topological polar surface area (TPSA) is 32.3 Å². The summed E-state index contributed by atoms with van der Waals surface area (Å²) in [4.78, 5) is 16.4. The van der Waals surface area contributed by atoms with Crippen LogP contribution in [0.25, 0.3) is 0 Å². The second-order valence-corrected chi connectivity index (χ2v) is 19.4. The molecule has 6 aromatic carbocycles. The van der Waals surface area contributed by atoms with Crippen molar-refractivity contribution in [3.63, 3.8) is 0 Å². The lowest BCUT2D eigenvalue weighted by Gasteiger charge is -2.36. The molecule has 5 heteroatoms. The molecule has 330 valence electrons. The minimum absolute atomic E-state index is 0.102. The fourth-order valence-corrected chi connectivity index (χ4v) is 11.9. The van der Waals surface area contributed by atoms with E-state index in [1.807, 2.05) is 23.5 Å². The molecule has 1 N–H and O–H groups in total. The van der Waals surface area contributed by atoms with Gasteiger partial charge >= 0.3 is 0 Å². The Kier molecular flexibility index (Phi) is 20.5. The first kappa shape index (κ1) is 47.9. The zero-order valence-corrected chi connectivity index (χ0v) is 39.4. The van der Waals surface area contributed by atoms with Crippen LogP contribution in [0.5, 0.6) is 0 Å². The number of unbranched alkanes of at least 4 members (excludes halogenated alkanes) is 11. The van der Waals surface area contributed by atoms with Crippen LogP contribution in [0.3, 0.4) is 0 Å². The molecule has 0 saturated heterocycles. The summed E-state index contributed by atoms with van der Waals surface area (Å²) >= 11 is 3.88. The molecule has 1 amide bonds. The first-order valence-corrected chi connectivity index (χ1v) is 25.7. The molecule has 0 heterocycles. The van der Waals surface area contributed by atoms with Gasteiger partial charge < -0.3 is 5.32 Å². The number of benzene rings is 6. The first-order valence-electron chi connectivity index (χ1n) is 23.8. The van der Waals surface area contributed by atoms with Crippen molar-refractivity contribution < 1.29 is 4.79 Å². The molecule has 0 saturated carbocycles. The number of hydrogen-bond donors (Lipinski definition) is 1. The van der Waals surface area contributed by atoms with Gasteiger partial charge in [0.1, 0.15) is 0 Å². The molecule has 63 heavy (non-hydrogen) atoms. The van der Waals surface area contributed by atoms with E-state index in [-0.39, 0.29) is 10.7 Å². The average Bonchev–Trinajstić information content (AvgIpc) is 3.35. The van der Waals surface area contributed by atoms with E-state index in [1.54, 1.807) is 0 Å². The molecule has 0 aromatic heterocycles. The van der Waals surface area contributed by atoms with E-state index in [0.717, 1.165) is 31.0 Å². The second-order valence-electron chi connectivity index (χ2n) is 16.8. The number of nitrogens with one attached hydrogen (secondary N) is 1. The van der Waals surface area contributed by atoms with E-state index >= 15 is 0 Å². The highest BCUT2D eigenvalue weighted by molar-refractivity contribution is 8.00. The predicted octanol–water partition coefficient (Wildman–Crippen LogP) is 14.6. The second kappa shape index (κ2) is 26.9.